The number of nitrogens with zero attached hydrogens (tertiary/aromatic N) is 4. The van der Waals surface area contributed by atoms with Crippen molar-refractivity contribution in [3.05, 3.63) is 29.2 Å². The molecule has 0 fully saturated rings. The molecule has 82 valence electrons. The summed E-state index contributed by atoms with van der Waals surface area (Å²) in [6.45, 7) is 2.44. The largest absolute Gasteiger partial charge is 0.369 e. The maximum absolute atomic E-state index is 8.95. The molecule has 0 aliphatic heterocycles. The lowest BCUT2D eigenvalue weighted by atomic mass is 10.3. The van der Waals surface area contributed by atoms with Crippen LogP contribution in [-0.2, 0) is 13.6 Å². The minimum Gasteiger partial charge on any atom is -0.369 e. The third-order valence-corrected chi connectivity index (χ3v) is 3.07. The SMILES string of the molecule is Cc1nsc(NCc2ccn(C)n2)c1C#N. The Morgan fingerprint density at radius 3 is 3.06 bits per heavy atom. The van der Waals surface area contributed by atoms with Crippen LogP contribution in [0.3, 0.4) is 0 Å². The Kier molecular flexibility index (Phi) is 2.88. The Morgan fingerprint density at radius 1 is 1.62 bits per heavy atom. The van der Waals surface area contributed by atoms with Crippen LogP contribution in [0.1, 0.15) is 17.0 Å². The van der Waals surface area contributed by atoms with Gasteiger partial charge in [-0.2, -0.15) is 14.7 Å². The van der Waals surface area contributed by atoms with E-state index in [-0.39, 0.29) is 0 Å². The van der Waals surface area contributed by atoms with E-state index in [0.717, 1.165) is 16.4 Å². The molecule has 0 amide bonds. The third-order valence-electron chi connectivity index (χ3n) is 2.17. The molecule has 0 radical (unpaired) electrons. The van der Waals surface area contributed by atoms with E-state index in [1.807, 2.05) is 26.2 Å². The minimum absolute atomic E-state index is 0.608. The lowest BCUT2D eigenvalue weighted by molar-refractivity contribution is 0.747. The van der Waals surface area contributed by atoms with Gasteiger partial charge in [-0.05, 0) is 24.5 Å². The summed E-state index contributed by atoms with van der Waals surface area (Å²) in [5, 5.41) is 17.2. The fraction of sp³-hybridized carbons (Fsp3) is 0.300. The van der Waals surface area contributed by atoms with Gasteiger partial charge in [-0.25, -0.2) is 0 Å². The molecule has 6 heteroatoms. The van der Waals surface area contributed by atoms with Gasteiger partial charge in [-0.3, -0.25) is 4.68 Å². The lowest BCUT2D eigenvalue weighted by Crippen LogP contribution is -2.01. The Labute approximate surface area is 97.5 Å². The van der Waals surface area contributed by atoms with Gasteiger partial charge in [-0.1, -0.05) is 0 Å². The van der Waals surface area contributed by atoms with E-state index in [1.165, 1.54) is 11.5 Å². The molecule has 0 unspecified atom stereocenters. The molecule has 0 aliphatic rings. The fourth-order valence-electron chi connectivity index (χ4n) is 1.35. The maximum atomic E-state index is 8.95. The normalized spacial score (nSPS) is 10.1. The number of rotatable bonds is 3. The average molecular weight is 233 g/mol. The van der Waals surface area contributed by atoms with Crippen molar-refractivity contribution in [1.82, 2.24) is 14.2 Å². The molecule has 0 bridgehead atoms. The van der Waals surface area contributed by atoms with Gasteiger partial charge in [0.05, 0.1) is 17.9 Å². The Balaban J connectivity index is 2.08. The van der Waals surface area contributed by atoms with Gasteiger partial charge in [-0.15, -0.1) is 0 Å². The van der Waals surface area contributed by atoms with Crippen molar-refractivity contribution in [1.29, 1.82) is 5.26 Å². The van der Waals surface area contributed by atoms with E-state index < -0.39 is 0 Å². The quantitative estimate of drug-likeness (QED) is 0.875. The Hall–Kier alpha value is -1.87. The number of hydrogen-bond donors (Lipinski definition) is 1. The van der Waals surface area contributed by atoms with Crippen molar-refractivity contribution in [2.24, 2.45) is 7.05 Å². The molecular formula is C10H11N5S. The first kappa shape index (κ1) is 10.6. The van der Waals surface area contributed by atoms with Crippen molar-refractivity contribution < 1.29 is 0 Å². The van der Waals surface area contributed by atoms with E-state index in [2.05, 4.69) is 20.9 Å². The van der Waals surface area contributed by atoms with Crippen LogP contribution in [0.15, 0.2) is 12.3 Å². The molecule has 0 saturated carbocycles. The summed E-state index contributed by atoms with van der Waals surface area (Å²) < 4.78 is 5.89. The molecule has 0 saturated heterocycles. The summed E-state index contributed by atoms with van der Waals surface area (Å²) in [5.74, 6) is 0. The number of aryl methyl sites for hydroxylation is 2. The van der Waals surface area contributed by atoms with Gasteiger partial charge in [0.25, 0.3) is 0 Å². The molecule has 0 atom stereocenters. The number of nitrogens with one attached hydrogen (secondary N) is 1. The molecule has 2 aromatic rings. The zero-order valence-corrected chi connectivity index (χ0v) is 9.88. The van der Waals surface area contributed by atoms with Gasteiger partial charge >= 0.3 is 0 Å². The van der Waals surface area contributed by atoms with Crippen LogP contribution in [0, 0.1) is 18.3 Å². The zero-order chi connectivity index (χ0) is 11.5. The summed E-state index contributed by atoms with van der Waals surface area (Å²) in [6, 6.07) is 4.08. The van der Waals surface area contributed by atoms with E-state index >= 15 is 0 Å². The van der Waals surface area contributed by atoms with Gasteiger partial charge in [0.15, 0.2) is 0 Å². The summed E-state index contributed by atoms with van der Waals surface area (Å²) in [6.07, 6.45) is 1.89. The van der Waals surface area contributed by atoms with Crippen LogP contribution < -0.4 is 5.32 Å². The van der Waals surface area contributed by atoms with Gasteiger partial charge in [0, 0.05) is 13.2 Å². The highest BCUT2D eigenvalue weighted by Crippen LogP contribution is 2.23. The standard InChI is InChI=1S/C10H11N5S/c1-7-9(5-11)10(16-14-7)12-6-8-3-4-15(2)13-8/h3-4,12H,6H2,1-2H3. The van der Waals surface area contributed by atoms with Crippen molar-refractivity contribution >= 4 is 16.5 Å². The smallest absolute Gasteiger partial charge is 0.128 e. The van der Waals surface area contributed by atoms with Crippen LogP contribution in [-0.4, -0.2) is 14.2 Å². The molecule has 2 heterocycles. The number of nitriles is 1. The van der Waals surface area contributed by atoms with Crippen LogP contribution in [0.5, 0.6) is 0 Å². The molecule has 16 heavy (non-hydrogen) atoms. The molecule has 1 N–H and O–H groups in total. The van der Waals surface area contributed by atoms with Crippen LogP contribution >= 0.6 is 11.5 Å². The minimum atomic E-state index is 0.608. The number of aromatic nitrogens is 3. The van der Waals surface area contributed by atoms with Gasteiger partial charge in [0.2, 0.25) is 0 Å². The Morgan fingerprint density at radius 2 is 2.44 bits per heavy atom. The van der Waals surface area contributed by atoms with E-state index in [9.17, 15) is 0 Å². The molecule has 2 aromatic heterocycles. The predicted octanol–water partition coefficient (Wildman–Crippen LogP) is 1.67. The highest BCUT2D eigenvalue weighted by atomic mass is 32.1. The monoisotopic (exact) mass is 233 g/mol. The highest BCUT2D eigenvalue weighted by molar-refractivity contribution is 7.10. The lowest BCUT2D eigenvalue weighted by Gasteiger charge is -2.00. The van der Waals surface area contributed by atoms with Gasteiger partial charge in [0.1, 0.15) is 16.6 Å². The summed E-state index contributed by atoms with van der Waals surface area (Å²) in [4.78, 5) is 0. The third kappa shape index (κ3) is 2.04. The maximum Gasteiger partial charge on any atom is 0.128 e. The van der Waals surface area contributed by atoms with Crippen molar-refractivity contribution in [2.45, 2.75) is 13.5 Å². The van der Waals surface area contributed by atoms with Gasteiger partial charge < -0.3 is 5.32 Å². The van der Waals surface area contributed by atoms with E-state index in [1.54, 1.807) is 4.68 Å². The number of anilines is 1. The molecule has 2 rings (SSSR count). The van der Waals surface area contributed by atoms with Crippen LogP contribution in [0.2, 0.25) is 0 Å². The second-order valence-corrected chi connectivity index (χ2v) is 4.19. The van der Waals surface area contributed by atoms with Crippen molar-refractivity contribution in [2.75, 3.05) is 5.32 Å². The predicted molar refractivity (Wildman–Crippen MR) is 62.1 cm³/mol. The molecule has 5 nitrogen and oxygen atoms in total. The van der Waals surface area contributed by atoms with Crippen LogP contribution in [0.4, 0.5) is 5.00 Å². The topological polar surface area (TPSA) is 66.5 Å². The summed E-state index contributed by atoms with van der Waals surface area (Å²) in [7, 11) is 1.88. The summed E-state index contributed by atoms with van der Waals surface area (Å²) in [5.41, 5.74) is 2.34. The first-order chi connectivity index (χ1) is 7.70. The first-order valence-electron chi connectivity index (χ1n) is 4.79. The number of hydrogen-bond acceptors (Lipinski definition) is 5. The van der Waals surface area contributed by atoms with Crippen molar-refractivity contribution in [3.63, 3.8) is 0 Å². The first-order valence-corrected chi connectivity index (χ1v) is 5.57. The van der Waals surface area contributed by atoms with E-state index in [0.29, 0.717) is 12.1 Å². The fourth-order valence-corrected chi connectivity index (χ4v) is 2.09. The second-order valence-electron chi connectivity index (χ2n) is 3.42. The highest BCUT2D eigenvalue weighted by Gasteiger charge is 2.09. The average Bonchev–Trinajstić information content (AvgIpc) is 2.82. The zero-order valence-electron chi connectivity index (χ0n) is 9.06. The molecule has 0 aliphatic carbocycles. The summed E-state index contributed by atoms with van der Waals surface area (Å²) >= 11 is 1.31. The van der Waals surface area contributed by atoms with Crippen LogP contribution in [0.25, 0.3) is 0 Å². The van der Waals surface area contributed by atoms with E-state index in [4.69, 9.17) is 5.26 Å². The second kappa shape index (κ2) is 4.33. The van der Waals surface area contributed by atoms with Crippen molar-refractivity contribution in [3.8, 4) is 6.07 Å². The molecular weight excluding hydrogens is 222 g/mol. The Bertz CT molecular complexity index is 534. The molecule has 0 aromatic carbocycles. The molecule has 0 spiro atoms.